The van der Waals surface area contributed by atoms with Gasteiger partial charge < -0.3 is 4.57 Å². The van der Waals surface area contributed by atoms with Crippen LogP contribution in [0.3, 0.4) is 0 Å². The number of benzene rings is 1. The van der Waals surface area contributed by atoms with Crippen LogP contribution in [0.2, 0.25) is 0 Å². The van der Waals surface area contributed by atoms with Crippen molar-refractivity contribution in [2.24, 2.45) is 5.92 Å². The van der Waals surface area contributed by atoms with Crippen molar-refractivity contribution in [2.75, 3.05) is 0 Å². The highest BCUT2D eigenvalue weighted by molar-refractivity contribution is 5.62. The van der Waals surface area contributed by atoms with E-state index in [0.717, 1.165) is 24.6 Å². The van der Waals surface area contributed by atoms with Crippen LogP contribution in [0.4, 0.5) is 0 Å². The molecule has 88 valence electrons. The summed E-state index contributed by atoms with van der Waals surface area (Å²) in [5.41, 5.74) is 3.70. The van der Waals surface area contributed by atoms with Crippen molar-refractivity contribution in [3.05, 3.63) is 41.9 Å². The molecular formula is C15H18N2. The van der Waals surface area contributed by atoms with E-state index in [1.54, 1.807) is 0 Å². The number of aryl methyl sites for hydroxylation is 2. The van der Waals surface area contributed by atoms with Crippen molar-refractivity contribution in [2.45, 2.75) is 33.2 Å². The average Bonchev–Trinajstić information content (AvgIpc) is 2.72. The lowest BCUT2D eigenvalue weighted by Crippen LogP contribution is -2.17. The Labute approximate surface area is 102 Å². The Bertz CT molecular complexity index is 540. The quantitative estimate of drug-likeness (QED) is 0.728. The Morgan fingerprint density at radius 3 is 2.94 bits per heavy atom. The topological polar surface area (TPSA) is 17.8 Å². The molecule has 1 aromatic carbocycles. The monoisotopic (exact) mass is 226 g/mol. The second-order valence-corrected chi connectivity index (χ2v) is 5.15. The molecule has 0 saturated heterocycles. The van der Waals surface area contributed by atoms with E-state index in [0.29, 0.717) is 0 Å². The smallest absolute Gasteiger partial charge is 0.109 e. The summed E-state index contributed by atoms with van der Waals surface area (Å²) in [6.45, 7) is 5.58. The van der Waals surface area contributed by atoms with Crippen LogP contribution < -0.4 is 0 Å². The van der Waals surface area contributed by atoms with E-state index >= 15 is 0 Å². The van der Waals surface area contributed by atoms with E-state index in [1.807, 2.05) is 0 Å². The number of nitrogens with zero attached hydrogens (tertiary/aromatic N) is 2. The van der Waals surface area contributed by atoms with E-state index in [9.17, 15) is 0 Å². The van der Waals surface area contributed by atoms with Gasteiger partial charge in [0.2, 0.25) is 0 Å². The molecule has 0 fully saturated rings. The fourth-order valence-electron chi connectivity index (χ4n) is 2.60. The third-order valence-electron chi connectivity index (χ3n) is 3.65. The van der Waals surface area contributed by atoms with Crippen molar-refractivity contribution in [3.8, 4) is 11.3 Å². The molecule has 2 heteroatoms. The largest absolute Gasteiger partial charge is 0.334 e. The van der Waals surface area contributed by atoms with Crippen LogP contribution in [0.1, 0.15) is 24.7 Å². The first-order valence-corrected chi connectivity index (χ1v) is 6.36. The fraction of sp³-hybridized carbons (Fsp3) is 0.400. The lowest BCUT2D eigenvalue weighted by molar-refractivity contribution is 0.394. The summed E-state index contributed by atoms with van der Waals surface area (Å²) >= 11 is 0. The van der Waals surface area contributed by atoms with Crippen LogP contribution in [-0.4, -0.2) is 9.55 Å². The molecule has 1 aliphatic heterocycles. The molecule has 3 rings (SSSR count). The van der Waals surface area contributed by atoms with Gasteiger partial charge in [0.1, 0.15) is 5.82 Å². The van der Waals surface area contributed by atoms with E-state index in [4.69, 9.17) is 4.98 Å². The van der Waals surface area contributed by atoms with Gasteiger partial charge in [-0.25, -0.2) is 4.98 Å². The van der Waals surface area contributed by atoms with Gasteiger partial charge in [-0.05, 0) is 24.8 Å². The minimum atomic E-state index is 0.779. The van der Waals surface area contributed by atoms with E-state index in [1.165, 1.54) is 23.4 Å². The molecule has 17 heavy (non-hydrogen) atoms. The summed E-state index contributed by atoms with van der Waals surface area (Å²) in [5, 5.41) is 0. The van der Waals surface area contributed by atoms with Gasteiger partial charge in [-0.15, -0.1) is 0 Å². The van der Waals surface area contributed by atoms with Gasteiger partial charge in [0, 0.05) is 24.7 Å². The normalized spacial score (nSPS) is 19.1. The summed E-state index contributed by atoms with van der Waals surface area (Å²) in [5.74, 6) is 2.03. The van der Waals surface area contributed by atoms with Crippen molar-refractivity contribution in [1.29, 1.82) is 0 Å². The standard InChI is InChI=1S/C15H18N2/c1-11-7-8-15-16-14(10-17(15)9-11)13-6-4-3-5-12(13)2/h3-6,10-11H,7-9H2,1-2H3/t11-/m1/s1. The highest BCUT2D eigenvalue weighted by Crippen LogP contribution is 2.26. The van der Waals surface area contributed by atoms with Crippen LogP contribution in [0.15, 0.2) is 30.5 Å². The minimum absolute atomic E-state index is 0.779. The third-order valence-corrected chi connectivity index (χ3v) is 3.65. The zero-order chi connectivity index (χ0) is 11.8. The van der Waals surface area contributed by atoms with Crippen LogP contribution in [0.25, 0.3) is 11.3 Å². The lowest BCUT2D eigenvalue weighted by atomic mass is 10.0. The molecule has 0 bridgehead atoms. The van der Waals surface area contributed by atoms with E-state index < -0.39 is 0 Å². The van der Waals surface area contributed by atoms with Gasteiger partial charge in [-0.2, -0.15) is 0 Å². The summed E-state index contributed by atoms with van der Waals surface area (Å²) < 4.78 is 2.33. The molecule has 1 atom stereocenters. The molecule has 2 nitrogen and oxygen atoms in total. The van der Waals surface area contributed by atoms with Gasteiger partial charge in [-0.3, -0.25) is 0 Å². The highest BCUT2D eigenvalue weighted by Gasteiger charge is 2.17. The Hall–Kier alpha value is -1.57. The molecule has 0 aliphatic carbocycles. The molecule has 0 spiro atoms. The molecule has 1 aliphatic rings. The molecule has 0 amide bonds. The molecule has 2 heterocycles. The Kier molecular flexibility index (Phi) is 2.50. The van der Waals surface area contributed by atoms with Gasteiger partial charge in [0.15, 0.2) is 0 Å². The Morgan fingerprint density at radius 1 is 1.29 bits per heavy atom. The zero-order valence-corrected chi connectivity index (χ0v) is 10.5. The summed E-state index contributed by atoms with van der Waals surface area (Å²) in [6.07, 6.45) is 4.60. The van der Waals surface area contributed by atoms with Gasteiger partial charge >= 0.3 is 0 Å². The highest BCUT2D eigenvalue weighted by atomic mass is 15.1. The second kappa shape index (κ2) is 4.02. The number of hydrogen-bond acceptors (Lipinski definition) is 1. The van der Waals surface area contributed by atoms with Gasteiger partial charge in [-0.1, -0.05) is 31.2 Å². The maximum absolute atomic E-state index is 4.78. The number of aromatic nitrogens is 2. The first-order chi connectivity index (χ1) is 8.24. The molecule has 1 aromatic heterocycles. The predicted molar refractivity (Wildman–Crippen MR) is 69.9 cm³/mol. The van der Waals surface area contributed by atoms with Crippen molar-refractivity contribution in [1.82, 2.24) is 9.55 Å². The molecule has 0 N–H and O–H groups in total. The van der Waals surface area contributed by atoms with Crippen molar-refractivity contribution in [3.63, 3.8) is 0 Å². The number of rotatable bonds is 1. The van der Waals surface area contributed by atoms with Crippen LogP contribution in [-0.2, 0) is 13.0 Å². The predicted octanol–water partition coefficient (Wildman–Crippen LogP) is 3.44. The second-order valence-electron chi connectivity index (χ2n) is 5.15. The van der Waals surface area contributed by atoms with Gasteiger partial charge in [0.25, 0.3) is 0 Å². The zero-order valence-electron chi connectivity index (χ0n) is 10.5. The summed E-state index contributed by atoms with van der Waals surface area (Å²) in [4.78, 5) is 4.78. The minimum Gasteiger partial charge on any atom is -0.334 e. The van der Waals surface area contributed by atoms with Crippen LogP contribution in [0, 0.1) is 12.8 Å². The number of imidazole rings is 1. The molecule has 0 radical (unpaired) electrons. The third kappa shape index (κ3) is 1.88. The van der Waals surface area contributed by atoms with E-state index in [2.05, 4.69) is 48.9 Å². The summed E-state index contributed by atoms with van der Waals surface area (Å²) in [7, 11) is 0. The molecule has 0 unspecified atom stereocenters. The van der Waals surface area contributed by atoms with Crippen LogP contribution >= 0.6 is 0 Å². The first-order valence-electron chi connectivity index (χ1n) is 6.36. The molecule has 0 saturated carbocycles. The van der Waals surface area contributed by atoms with Crippen molar-refractivity contribution >= 4 is 0 Å². The lowest BCUT2D eigenvalue weighted by Gasteiger charge is -2.19. The Balaban J connectivity index is 2.03. The Morgan fingerprint density at radius 2 is 2.12 bits per heavy atom. The fourth-order valence-corrected chi connectivity index (χ4v) is 2.60. The van der Waals surface area contributed by atoms with Crippen LogP contribution in [0.5, 0.6) is 0 Å². The molecular weight excluding hydrogens is 208 g/mol. The maximum atomic E-state index is 4.78. The summed E-state index contributed by atoms with van der Waals surface area (Å²) in [6, 6.07) is 8.48. The van der Waals surface area contributed by atoms with Crippen molar-refractivity contribution < 1.29 is 0 Å². The SMILES string of the molecule is Cc1ccccc1-c1cn2c(n1)CC[C@@H](C)C2. The average molecular weight is 226 g/mol. The van der Waals surface area contributed by atoms with Gasteiger partial charge in [0.05, 0.1) is 5.69 Å². The maximum Gasteiger partial charge on any atom is 0.109 e. The number of fused-ring (bicyclic) bond motifs is 1. The molecule has 2 aromatic rings. The number of hydrogen-bond donors (Lipinski definition) is 0. The van der Waals surface area contributed by atoms with E-state index in [-0.39, 0.29) is 0 Å². The first kappa shape index (κ1) is 10.6.